The molecule has 0 aliphatic heterocycles. The molecule has 1 aromatic rings. The Morgan fingerprint density at radius 2 is 2.08 bits per heavy atom. The van der Waals surface area contributed by atoms with Crippen LogP contribution in [-0.4, -0.2) is 21.6 Å². The zero-order valence-corrected chi connectivity index (χ0v) is 10.7. The first-order valence-corrected chi connectivity index (χ1v) is 6.87. The minimum absolute atomic E-state index is 0.0726. The van der Waals surface area contributed by atoms with Crippen LogP contribution in [0, 0.1) is 13.8 Å². The number of nitriles is 1. The zero-order valence-electron chi connectivity index (χ0n) is 6.87. The molecule has 0 heterocycles. The average Bonchev–Trinajstić information content (AvgIpc) is 2.15. The molecule has 0 spiro atoms. The minimum atomic E-state index is 0.0726. The zero-order chi connectivity index (χ0) is 9.52. The summed E-state index contributed by atoms with van der Waals surface area (Å²) < 4.78 is 6.62. The van der Waals surface area contributed by atoms with Gasteiger partial charge >= 0.3 is 98.0 Å². The van der Waals surface area contributed by atoms with Gasteiger partial charge in [0.25, 0.3) is 0 Å². The van der Waals surface area contributed by atoms with E-state index in [0.29, 0.717) is 6.61 Å². The molecule has 0 amide bonds. The maximum absolute atomic E-state index is 8.32. The third-order valence-electron chi connectivity index (χ3n) is 1.33. The Bertz CT molecular complexity index is 293. The first kappa shape index (κ1) is 10.8. The second-order valence-electron chi connectivity index (χ2n) is 2.24. The first-order chi connectivity index (χ1) is 6.33. The van der Waals surface area contributed by atoms with Crippen LogP contribution < -0.4 is 4.74 Å². The Morgan fingerprint density at radius 3 is 2.69 bits per heavy atom. The van der Waals surface area contributed by atoms with E-state index in [-0.39, 0.29) is 15.0 Å². The van der Waals surface area contributed by atoms with Gasteiger partial charge in [0.05, 0.1) is 0 Å². The summed E-state index contributed by atoms with van der Waals surface area (Å²) in [6.45, 7) is 0.647. The number of hydrogen-bond acceptors (Lipinski definition) is 2. The topological polar surface area (TPSA) is 33.0 Å². The molecular weight excluding hydrogens is 344 g/mol. The van der Waals surface area contributed by atoms with E-state index >= 15 is 0 Å². The van der Waals surface area contributed by atoms with Crippen molar-refractivity contribution in [2.24, 2.45) is 0 Å². The molecule has 0 aliphatic rings. The average molecular weight is 352 g/mol. The van der Waals surface area contributed by atoms with Gasteiger partial charge in [-0.15, -0.1) is 0 Å². The summed E-state index contributed by atoms with van der Waals surface area (Å²) >= 11 is 2.32. The van der Waals surface area contributed by atoms with Crippen molar-refractivity contribution in [3.8, 4) is 10.7 Å². The summed E-state index contributed by atoms with van der Waals surface area (Å²) in [7, 11) is 0. The molecule has 2 nitrogen and oxygen atoms in total. The Labute approximate surface area is 97.6 Å². The molecule has 68 valence electrons. The molecule has 0 fully saturated rings. The van der Waals surface area contributed by atoms with Crippen LogP contribution in [0.25, 0.3) is 0 Å². The summed E-state index contributed by atoms with van der Waals surface area (Å²) in [6, 6.07) is 7.90. The van der Waals surface area contributed by atoms with E-state index in [1.54, 1.807) is 0 Å². The number of benzene rings is 1. The third-order valence-corrected chi connectivity index (χ3v) is 3.10. The maximum atomic E-state index is 8.32. The normalized spacial score (nSPS) is 9.23. The number of rotatable bonds is 4. The van der Waals surface area contributed by atoms with E-state index < -0.39 is 0 Å². The van der Waals surface area contributed by atoms with Gasteiger partial charge in [-0.2, -0.15) is 0 Å². The first-order valence-electron chi connectivity index (χ1n) is 3.72. The summed E-state index contributed by atoms with van der Waals surface area (Å²) in [4.78, 5) is 2.14. The van der Waals surface area contributed by atoms with Crippen LogP contribution >= 0.6 is 22.6 Å². The van der Waals surface area contributed by atoms with Crippen molar-refractivity contribution >= 4 is 37.5 Å². The van der Waals surface area contributed by atoms with Crippen LogP contribution in [0.4, 0.5) is 0 Å². The van der Waals surface area contributed by atoms with Gasteiger partial charge < -0.3 is 0 Å². The summed E-state index contributed by atoms with van der Waals surface area (Å²) in [5.41, 5.74) is 0. The fraction of sp³-hybridized carbons (Fsp3) is 0.222. The predicted octanol–water partition coefficient (Wildman–Crippen LogP) is 2.27. The fourth-order valence-electron chi connectivity index (χ4n) is 0.778. The standard InChI is InChI=1S/C9H8INOSe/c10-8-1-3-9(4-2-8)12-5-6-13-7-11/h1-4H,5-6H2. The quantitative estimate of drug-likeness (QED) is 0.473. The molecular formula is C9H8INOSe. The summed E-state index contributed by atoms with van der Waals surface area (Å²) in [5, 5.41) is 9.18. The van der Waals surface area contributed by atoms with Gasteiger partial charge in [0.15, 0.2) is 0 Å². The van der Waals surface area contributed by atoms with Crippen molar-refractivity contribution in [1.82, 2.24) is 0 Å². The second-order valence-corrected chi connectivity index (χ2v) is 5.33. The van der Waals surface area contributed by atoms with Crippen LogP contribution in [-0.2, 0) is 0 Å². The Hall–Kier alpha value is -0.241. The molecule has 13 heavy (non-hydrogen) atoms. The van der Waals surface area contributed by atoms with Crippen molar-refractivity contribution in [3.05, 3.63) is 27.8 Å². The van der Waals surface area contributed by atoms with Crippen molar-refractivity contribution in [2.75, 3.05) is 6.61 Å². The SMILES string of the molecule is N#C[Se]CCOc1ccc(I)cc1. The van der Waals surface area contributed by atoms with Crippen LogP contribution in [0.3, 0.4) is 0 Å². The Kier molecular flexibility index (Phi) is 5.21. The molecule has 0 bridgehead atoms. The molecule has 0 N–H and O–H groups in total. The number of hydrogen-bond donors (Lipinski definition) is 0. The van der Waals surface area contributed by atoms with Crippen molar-refractivity contribution in [1.29, 1.82) is 5.26 Å². The van der Waals surface area contributed by atoms with Crippen molar-refractivity contribution in [3.63, 3.8) is 0 Å². The van der Waals surface area contributed by atoms with Gasteiger partial charge in [-0.05, 0) is 0 Å². The van der Waals surface area contributed by atoms with Crippen LogP contribution in [0.1, 0.15) is 0 Å². The molecule has 0 radical (unpaired) electrons. The number of halogens is 1. The monoisotopic (exact) mass is 353 g/mol. The van der Waals surface area contributed by atoms with Crippen molar-refractivity contribution < 1.29 is 4.74 Å². The molecule has 0 saturated carbocycles. The fourth-order valence-corrected chi connectivity index (χ4v) is 1.68. The summed E-state index contributed by atoms with van der Waals surface area (Å²) in [6.07, 6.45) is 0. The van der Waals surface area contributed by atoms with Crippen LogP contribution in [0.15, 0.2) is 24.3 Å². The van der Waals surface area contributed by atoms with Gasteiger partial charge in [-0.1, -0.05) is 0 Å². The molecule has 0 atom stereocenters. The number of ether oxygens (including phenoxy) is 1. The van der Waals surface area contributed by atoms with Gasteiger partial charge in [0.2, 0.25) is 0 Å². The van der Waals surface area contributed by atoms with Gasteiger partial charge in [-0.3, -0.25) is 0 Å². The van der Waals surface area contributed by atoms with E-state index in [9.17, 15) is 0 Å². The molecule has 1 rings (SSSR count). The Morgan fingerprint density at radius 1 is 1.38 bits per heavy atom. The molecule has 0 aliphatic carbocycles. The Balaban J connectivity index is 2.30. The van der Waals surface area contributed by atoms with Gasteiger partial charge in [0, 0.05) is 0 Å². The van der Waals surface area contributed by atoms with E-state index in [2.05, 4.69) is 27.6 Å². The van der Waals surface area contributed by atoms with Gasteiger partial charge in [-0.25, -0.2) is 0 Å². The molecule has 0 aromatic heterocycles. The van der Waals surface area contributed by atoms with Crippen LogP contribution in [0.5, 0.6) is 5.75 Å². The van der Waals surface area contributed by atoms with E-state index in [4.69, 9.17) is 10.00 Å². The van der Waals surface area contributed by atoms with Gasteiger partial charge in [0.1, 0.15) is 0 Å². The van der Waals surface area contributed by atoms with E-state index in [1.165, 1.54) is 3.57 Å². The predicted molar refractivity (Wildman–Crippen MR) is 60.8 cm³/mol. The third kappa shape index (κ3) is 4.51. The molecule has 0 unspecified atom stereocenters. The number of nitrogens with zero attached hydrogens (tertiary/aromatic N) is 1. The molecule has 4 heteroatoms. The summed E-state index contributed by atoms with van der Waals surface area (Å²) in [5.74, 6) is 0.883. The van der Waals surface area contributed by atoms with Crippen LogP contribution in [0.2, 0.25) is 5.32 Å². The van der Waals surface area contributed by atoms with E-state index in [0.717, 1.165) is 11.1 Å². The molecule has 0 saturated heterocycles. The molecule has 1 aromatic carbocycles. The van der Waals surface area contributed by atoms with Crippen molar-refractivity contribution in [2.45, 2.75) is 5.32 Å². The second kappa shape index (κ2) is 6.25. The van der Waals surface area contributed by atoms with E-state index in [1.807, 2.05) is 24.3 Å².